The molecule has 0 unspecified atom stereocenters. The van der Waals surface area contributed by atoms with Crippen molar-refractivity contribution in [2.24, 2.45) is 0 Å². The Morgan fingerprint density at radius 1 is 1.12 bits per heavy atom. The van der Waals surface area contributed by atoms with Gasteiger partial charge in [0.05, 0.1) is 6.20 Å². The summed E-state index contributed by atoms with van der Waals surface area (Å²) in [6.45, 7) is 3.70. The lowest BCUT2D eigenvalue weighted by Gasteiger charge is -2.10. The van der Waals surface area contributed by atoms with Crippen molar-refractivity contribution in [3.05, 3.63) is 47.7 Å². The highest BCUT2D eigenvalue weighted by molar-refractivity contribution is 5.56. The zero-order chi connectivity index (χ0) is 16.4. The molecule has 1 aliphatic carbocycles. The molecule has 3 aromatic rings. The van der Waals surface area contributed by atoms with Gasteiger partial charge in [-0.2, -0.15) is 19.6 Å². The Hall–Kier alpha value is -2.63. The topological polar surface area (TPSA) is 67.1 Å². The lowest BCUT2D eigenvalue weighted by molar-refractivity contribution is 0.871. The molecule has 2 N–H and O–H groups in total. The number of nitrogens with one attached hydrogen (secondary N) is 2. The van der Waals surface area contributed by atoms with Gasteiger partial charge in [0, 0.05) is 18.7 Å². The predicted octanol–water partition coefficient (Wildman–Crippen LogP) is 3.44. The predicted molar refractivity (Wildman–Crippen MR) is 95.3 cm³/mol. The Balaban J connectivity index is 1.66. The van der Waals surface area contributed by atoms with Crippen molar-refractivity contribution in [1.29, 1.82) is 0 Å². The van der Waals surface area contributed by atoms with Gasteiger partial charge in [-0.25, -0.2) is 0 Å². The van der Waals surface area contributed by atoms with Gasteiger partial charge in [-0.1, -0.05) is 37.3 Å². The van der Waals surface area contributed by atoms with Crippen molar-refractivity contribution in [2.45, 2.75) is 38.6 Å². The first-order chi connectivity index (χ1) is 11.8. The van der Waals surface area contributed by atoms with E-state index in [1.807, 2.05) is 28.9 Å². The van der Waals surface area contributed by atoms with Gasteiger partial charge in [0.25, 0.3) is 0 Å². The highest BCUT2D eigenvalue weighted by atomic mass is 15.4. The number of hydrogen-bond donors (Lipinski definition) is 2. The summed E-state index contributed by atoms with van der Waals surface area (Å²) in [4.78, 5) is 9.30. The van der Waals surface area contributed by atoms with E-state index in [0.29, 0.717) is 18.4 Å². The second-order valence-electron chi connectivity index (χ2n) is 6.25. The number of anilines is 2. The summed E-state index contributed by atoms with van der Waals surface area (Å²) in [6.07, 6.45) is 5.45. The molecule has 0 aliphatic heterocycles. The van der Waals surface area contributed by atoms with E-state index in [1.54, 1.807) is 0 Å². The molecule has 2 heterocycles. The van der Waals surface area contributed by atoms with E-state index in [0.717, 1.165) is 24.6 Å². The second-order valence-corrected chi connectivity index (χ2v) is 6.25. The second kappa shape index (κ2) is 6.47. The van der Waals surface area contributed by atoms with Crippen LogP contribution in [0.3, 0.4) is 0 Å². The number of rotatable bonds is 7. The van der Waals surface area contributed by atoms with Crippen LogP contribution in [0, 0.1) is 0 Å². The number of aromatic nitrogens is 4. The van der Waals surface area contributed by atoms with Gasteiger partial charge < -0.3 is 10.6 Å². The van der Waals surface area contributed by atoms with E-state index in [4.69, 9.17) is 0 Å². The first kappa shape index (κ1) is 14.9. The summed E-state index contributed by atoms with van der Waals surface area (Å²) in [5.74, 6) is 2.01. The average molecular weight is 322 g/mol. The van der Waals surface area contributed by atoms with Crippen molar-refractivity contribution in [2.75, 3.05) is 17.2 Å². The highest BCUT2D eigenvalue weighted by Crippen LogP contribution is 2.41. The third kappa shape index (κ3) is 3.04. The van der Waals surface area contributed by atoms with Crippen molar-refractivity contribution in [3.63, 3.8) is 0 Å². The lowest BCUT2D eigenvalue weighted by Crippen LogP contribution is -2.12. The number of fused-ring (bicyclic) bond motifs is 1. The van der Waals surface area contributed by atoms with E-state index in [9.17, 15) is 0 Å². The maximum atomic E-state index is 4.69. The van der Waals surface area contributed by atoms with E-state index in [1.165, 1.54) is 24.0 Å². The van der Waals surface area contributed by atoms with Crippen LogP contribution in [0.4, 0.5) is 11.9 Å². The number of hydrogen-bond acceptors (Lipinski definition) is 5. The molecule has 6 nitrogen and oxygen atoms in total. The molecule has 0 bridgehead atoms. The average Bonchev–Trinajstić information content (AvgIpc) is 3.38. The van der Waals surface area contributed by atoms with Gasteiger partial charge >= 0.3 is 0 Å². The number of nitrogens with zero attached hydrogens (tertiary/aromatic N) is 4. The fraction of sp³-hybridized carbons (Fsp3) is 0.389. The van der Waals surface area contributed by atoms with Crippen molar-refractivity contribution >= 4 is 17.5 Å². The Bertz CT molecular complexity index is 822. The molecule has 0 saturated heterocycles. The molecule has 0 atom stereocenters. The lowest BCUT2D eigenvalue weighted by atomic mass is 10.2. The molecule has 1 aliphatic rings. The first-order valence-electron chi connectivity index (χ1n) is 8.62. The molecule has 1 fully saturated rings. The standard InChI is InChI=1S/C18H22N6/c1-2-10-19-17-22-16-15(14-8-9-14)12-21-24(16)18(23-17)20-11-13-6-4-3-5-7-13/h3-7,12,14H,2,8-11H2,1H3,(H2,19,20,22,23). The Morgan fingerprint density at radius 3 is 2.71 bits per heavy atom. The van der Waals surface area contributed by atoms with Gasteiger partial charge in [-0.3, -0.25) is 0 Å². The van der Waals surface area contributed by atoms with Crippen LogP contribution in [0.1, 0.15) is 43.2 Å². The van der Waals surface area contributed by atoms with Crippen LogP contribution in [0.2, 0.25) is 0 Å². The van der Waals surface area contributed by atoms with Crippen LogP contribution in [0.25, 0.3) is 5.65 Å². The SMILES string of the molecule is CCCNc1nc(NCc2ccccc2)n2ncc(C3CC3)c2n1. The van der Waals surface area contributed by atoms with Gasteiger partial charge in [0.2, 0.25) is 11.9 Å². The zero-order valence-corrected chi connectivity index (χ0v) is 13.9. The number of benzene rings is 1. The van der Waals surface area contributed by atoms with Crippen LogP contribution in [0.5, 0.6) is 0 Å². The van der Waals surface area contributed by atoms with Crippen molar-refractivity contribution in [1.82, 2.24) is 19.6 Å². The maximum absolute atomic E-state index is 4.69. The molecule has 24 heavy (non-hydrogen) atoms. The zero-order valence-electron chi connectivity index (χ0n) is 13.9. The molecular formula is C18H22N6. The summed E-state index contributed by atoms with van der Waals surface area (Å²) in [5, 5.41) is 11.2. The van der Waals surface area contributed by atoms with Gasteiger partial charge in [-0.15, -0.1) is 0 Å². The van der Waals surface area contributed by atoms with Gasteiger partial charge in [0.15, 0.2) is 5.65 Å². The third-order valence-corrected chi connectivity index (χ3v) is 4.24. The fourth-order valence-electron chi connectivity index (χ4n) is 2.78. The Labute approximate surface area is 141 Å². The van der Waals surface area contributed by atoms with Crippen LogP contribution < -0.4 is 10.6 Å². The summed E-state index contributed by atoms with van der Waals surface area (Å²) < 4.78 is 1.83. The quantitative estimate of drug-likeness (QED) is 0.697. The fourth-order valence-corrected chi connectivity index (χ4v) is 2.78. The van der Waals surface area contributed by atoms with Crippen LogP contribution >= 0.6 is 0 Å². The molecular weight excluding hydrogens is 300 g/mol. The molecule has 0 spiro atoms. The first-order valence-corrected chi connectivity index (χ1v) is 8.62. The minimum atomic E-state index is 0.610. The highest BCUT2D eigenvalue weighted by Gasteiger charge is 2.28. The summed E-state index contributed by atoms with van der Waals surface area (Å²) in [7, 11) is 0. The van der Waals surface area contributed by atoms with Crippen LogP contribution in [-0.2, 0) is 6.54 Å². The monoisotopic (exact) mass is 322 g/mol. The molecule has 2 aromatic heterocycles. The molecule has 124 valence electrons. The minimum absolute atomic E-state index is 0.610. The maximum Gasteiger partial charge on any atom is 0.229 e. The summed E-state index contributed by atoms with van der Waals surface area (Å²) in [5.41, 5.74) is 3.36. The van der Waals surface area contributed by atoms with Crippen molar-refractivity contribution < 1.29 is 0 Å². The summed E-state index contributed by atoms with van der Waals surface area (Å²) >= 11 is 0. The molecule has 6 heteroatoms. The van der Waals surface area contributed by atoms with E-state index in [2.05, 4.69) is 44.8 Å². The van der Waals surface area contributed by atoms with Gasteiger partial charge in [0.1, 0.15) is 0 Å². The van der Waals surface area contributed by atoms with Crippen LogP contribution in [-0.4, -0.2) is 26.1 Å². The van der Waals surface area contributed by atoms with Crippen molar-refractivity contribution in [3.8, 4) is 0 Å². The molecule has 0 amide bonds. The Kier molecular flexibility index (Phi) is 4.02. The van der Waals surface area contributed by atoms with E-state index >= 15 is 0 Å². The largest absolute Gasteiger partial charge is 0.354 e. The molecule has 4 rings (SSSR count). The molecule has 0 radical (unpaired) electrons. The van der Waals surface area contributed by atoms with E-state index < -0.39 is 0 Å². The Morgan fingerprint density at radius 2 is 1.96 bits per heavy atom. The van der Waals surface area contributed by atoms with Crippen LogP contribution in [0.15, 0.2) is 36.5 Å². The smallest absolute Gasteiger partial charge is 0.229 e. The van der Waals surface area contributed by atoms with Gasteiger partial charge in [-0.05, 0) is 30.7 Å². The molecule has 1 aromatic carbocycles. The normalized spacial score (nSPS) is 14.0. The third-order valence-electron chi connectivity index (χ3n) is 4.24. The summed E-state index contributed by atoms with van der Waals surface area (Å²) in [6, 6.07) is 10.3. The van der Waals surface area contributed by atoms with E-state index in [-0.39, 0.29) is 0 Å². The molecule has 1 saturated carbocycles. The minimum Gasteiger partial charge on any atom is -0.354 e.